The van der Waals surface area contributed by atoms with E-state index in [1.165, 1.54) is 4.90 Å². The molecule has 1 fully saturated rings. The van der Waals surface area contributed by atoms with Crippen molar-refractivity contribution in [2.45, 2.75) is 38.6 Å². The number of aromatic nitrogens is 1. The van der Waals surface area contributed by atoms with Crippen LogP contribution in [0.3, 0.4) is 0 Å². The molecule has 0 aromatic carbocycles. The normalized spacial score (nSPS) is 19.2. The Bertz CT molecular complexity index is 458. The fourth-order valence-corrected chi connectivity index (χ4v) is 2.97. The predicted octanol–water partition coefficient (Wildman–Crippen LogP) is 1.46. The van der Waals surface area contributed by atoms with Crippen molar-refractivity contribution in [2.24, 2.45) is 0 Å². The number of nitrogens with zero attached hydrogens (tertiary/aromatic N) is 2. The Labute approximate surface area is 109 Å². The van der Waals surface area contributed by atoms with Gasteiger partial charge in [0.1, 0.15) is 6.04 Å². The second kappa shape index (κ2) is 5.48. The molecule has 6 heteroatoms. The first-order chi connectivity index (χ1) is 8.58. The van der Waals surface area contributed by atoms with Gasteiger partial charge in [0.2, 0.25) is 5.91 Å². The standard InChI is InChI=1S/C12H16N2O3S/c1-8-7-18-10(13-8)4-5-11(15)14-6-2-3-9(14)12(16)17/h7,9H,2-6H2,1H3,(H,16,17)/t9-/m1/s1. The molecule has 1 aliphatic rings. The number of carbonyl (C=O) groups is 2. The molecule has 5 nitrogen and oxygen atoms in total. The van der Waals surface area contributed by atoms with Gasteiger partial charge in [0.15, 0.2) is 0 Å². The number of hydrogen-bond acceptors (Lipinski definition) is 4. The van der Waals surface area contributed by atoms with Crippen molar-refractivity contribution >= 4 is 23.2 Å². The van der Waals surface area contributed by atoms with E-state index in [0.29, 0.717) is 25.8 Å². The molecule has 0 radical (unpaired) electrons. The lowest BCUT2D eigenvalue weighted by Gasteiger charge is -2.21. The number of rotatable bonds is 4. The van der Waals surface area contributed by atoms with Crippen LogP contribution in [-0.4, -0.2) is 39.5 Å². The van der Waals surface area contributed by atoms with E-state index >= 15 is 0 Å². The van der Waals surface area contributed by atoms with Crippen LogP contribution in [0.15, 0.2) is 5.38 Å². The highest BCUT2D eigenvalue weighted by molar-refractivity contribution is 7.09. The Balaban J connectivity index is 1.89. The van der Waals surface area contributed by atoms with Gasteiger partial charge in [0, 0.05) is 30.5 Å². The Hall–Kier alpha value is -1.43. The molecule has 0 spiro atoms. The van der Waals surface area contributed by atoms with Crippen molar-refractivity contribution in [1.29, 1.82) is 0 Å². The molecule has 1 aliphatic heterocycles. The van der Waals surface area contributed by atoms with Crippen molar-refractivity contribution in [3.63, 3.8) is 0 Å². The van der Waals surface area contributed by atoms with Crippen molar-refractivity contribution in [3.05, 3.63) is 16.1 Å². The maximum absolute atomic E-state index is 12.0. The molecule has 0 bridgehead atoms. The lowest BCUT2D eigenvalue weighted by Crippen LogP contribution is -2.40. The van der Waals surface area contributed by atoms with E-state index in [9.17, 15) is 9.59 Å². The van der Waals surface area contributed by atoms with Gasteiger partial charge in [-0.1, -0.05) is 0 Å². The first-order valence-electron chi connectivity index (χ1n) is 6.01. The summed E-state index contributed by atoms with van der Waals surface area (Å²) in [5, 5.41) is 11.9. The maximum Gasteiger partial charge on any atom is 0.326 e. The zero-order chi connectivity index (χ0) is 13.1. The molecule has 1 N–H and O–H groups in total. The molecule has 2 heterocycles. The topological polar surface area (TPSA) is 70.5 Å². The number of amides is 1. The number of carboxylic acids is 1. The number of hydrogen-bond donors (Lipinski definition) is 1. The van der Waals surface area contributed by atoms with E-state index in [2.05, 4.69) is 4.98 Å². The minimum absolute atomic E-state index is 0.0762. The summed E-state index contributed by atoms with van der Waals surface area (Å²) in [6.07, 6.45) is 2.29. The zero-order valence-corrected chi connectivity index (χ0v) is 11.1. The van der Waals surface area contributed by atoms with Gasteiger partial charge in [0.25, 0.3) is 0 Å². The van der Waals surface area contributed by atoms with Crippen molar-refractivity contribution in [2.75, 3.05) is 6.54 Å². The molecule has 2 rings (SSSR count). The van der Waals surface area contributed by atoms with E-state index < -0.39 is 12.0 Å². The highest BCUT2D eigenvalue weighted by Crippen LogP contribution is 2.19. The molecule has 1 aromatic rings. The van der Waals surface area contributed by atoms with Crippen LogP contribution in [0.5, 0.6) is 0 Å². The fourth-order valence-electron chi connectivity index (χ4n) is 2.20. The van der Waals surface area contributed by atoms with Crippen LogP contribution in [0.1, 0.15) is 30.0 Å². The lowest BCUT2D eigenvalue weighted by molar-refractivity contribution is -0.148. The minimum Gasteiger partial charge on any atom is -0.480 e. The second-order valence-corrected chi connectivity index (χ2v) is 5.41. The number of carboxylic acid groups (broad SMARTS) is 1. The molecule has 1 amide bonds. The van der Waals surface area contributed by atoms with E-state index in [0.717, 1.165) is 17.1 Å². The summed E-state index contributed by atoms with van der Waals surface area (Å²) in [5.74, 6) is -0.973. The molecular formula is C12H16N2O3S. The third-order valence-electron chi connectivity index (χ3n) is 3.08. The summed E-state index contributed by atoms with van der Waals surface area (Å²) >= 11 is 1.54. The first kappa shape index (κ1) is 13.0. The molecule has 98 valence electrons. The van der Waals surface area contributed by atoms with Gasteiger partial charge in [-0.3, -0.25) is 4.79 Å². The Kier molecular flexibility index (Phi) is 3.96. The van der Waals surface area contributed by atoms with Crippen LogP contribution in [0, 0.1) is 6.92 Å². The third kappa shape index (κ3) is 2.87. The van der Waals surface area contributed by atoms with Crippen LogP contribution >= 0.6 is 11.3 Å². The van der Waals surface area contributed by atoms with E-state index in [-0.39, 0.29) is 5.91 Å². The number of carbonyl (C=O) groups excluding carboxylic acids is 1. The largest absolute Gasteiger partial charge is 0.480 e. The van der Waals surface area contributed by atoms with Gasteiger partial charge in [0.05, 0.1) is 5.01 Å². The molecule has 0 saturated carbocycles. The van der Waals surface area contributed by atoms with Gasteiger partial charge in [-0.15, -0.1) is 11.3 Å². The highest BCUT2D eigenvalue weighted by Gasteiger charge is 2.33. The van der Waals surface area contributed by atoms with Crippen LogP contribution < -0.4 is 0 Å². The molecule has 0 aliphatic carbocycles. The third-order valence-corrected chi connectivity index (χ3v) is 4.10. The van der Waals surface area contributed by atoms with Crippen molar-refractivity contribution in [3.8, 4) is 0 Å². The molecule has 0 unspecified atom stereocenters. The monoisotopic (exact) mass is 268 g/mol. The smallest absolute Gasteiger partial charge is 0.326 e. The number of aliphatic carboxylic acids is 1. The van der Waals surface area contributed by atoms with Crippen LogP contribution in [0.4, 0.5) is 0 Å². The van der Waals surface area contributed by atoms with Crippen LogP contribution in [-0.2, 0) is 16.0 Å². The maximum atomic E-state index is 12.0. The SMILES string of the molecule is Cc1csc(CCC(=O)N2CCC[C@@H]2C(=O)O)n1. The number of aryl methyl sites for hydroxylation is 2. The second-order valence-electron chi connectivity index (χ2n) is 4.47. The van der Waals surface area contributed by atoms with Gasteiger partial charge >= 0.3 is 5.97 Å². The quantitative estimate of drug-likeness (QED) is 0.897. The van der Waals surface area contributed by atoms with E-state index in [4.69, 9.17) is 5.11 Å². The molecule has 1 saturated heterocycles. The number of likely N-dealkylation sites (tertiary alicyclic amines) is 1. The summed E-state index contributed by atoms with van der Waals surface area (Å²) in [7, 11) is 0. The fraction of sp³-hybridized carbons (Fsp3) is 0.583. The van der Waals surface area contributed by atoms with Gasteiger partial charge < -0.3 is 10.0 Å². The highest BCUT2D eigenvalue weighted by atomic mass is 32.1. The molecule has 1 aromatic heterocycles. The lowest BCUT2D eigenvalue weighted by atomic mass is 10.2. The van der Waals surface area contributed by atoms with Crippen LogP contribution in [0.25, 0.3) is 0 Å². The first-order valence-corrected chi connectivity index (χ1v) is 6.89. The molecule has 18 heavy (non-hydrogen) atoms. The summed E-state index contributed by atoms with van der Waals surface area (Å²) < 4.78 is 0. The van der Waals surface area contributed by atoms with Gasteiger partial charge in [-0.25, -0.2) is 9.78 Å². The summed E-state index contributed by atoms with van der Waals surface area (Å²) in [6, 6.07) is -0.629. The van der Waals surface area contributed by atoms with Gasteiger partial charge in [-0.05, 0) is 19.8 Å². The van der Waals surface area contributed by atoms with Crippen molar-refractivity contribution < 1.29 is 14.7 Å². The van der Waals surface area contributed by atoms with Gasteiger partial charge in [-0.2, -0.15) is 0 Å². The predicted molar refractivity (Wildman–Crippen MR) is 67.5 cm³/mol. The Morgan fingerprint density at radius 2 is 2.39 bits per heavy atom. The molecular weight excluding hydrogens is 252 g/mol. The average molecular weight is 268 g/mol. The Morgan fingerprint density at radius 3 is 3.00 bits per heavy atom. The Morgan fingerprint density at radius 1 is 1.61 bits per heavy atom. The average Bonchev–Trinajstić information content (AvgIpc) is 2.94. The van der Waals surface area contributed by atoms with E-state index in [1.807, 2.05) is 12.3 Å². The zero-order valence-electron chi connectivity index (χ0n) is 10.3. The van der Waals surface area contributed by atoms with E-state index in [1.54, 1.807) is 11.3 Å². The van der Waals surface area contributed by atoms with Crippen LogP contribution in [0.2, 0.25) is 0 Å². The summed E-state index contributed by atoms with van der Waals surface area (Å²) in [4.78, 5) is 28.8. The minimum atomic E-state index is -0.897. The van der Waals surface area contributed by atoms with Crippen molar-refractivity contribution in [1.82, 2.24) is 9.88 Å². The molecule has 1 atom stereocenters. The number of thiazole rings is 1. The summed E-state index contributed by atoms with van der Waals surface area (Å²) in [5.41, 5.74) is 0.965. The summed E-state index contributed by atoms with van der Waals surface area (Å²) in [6.45, 7) is 2.48.